The Morgan fingerprint density at radius 3 is 2.79 bits per heavy atom. The SMILES string of the molecule is COc1ccc(Nc2ncc3c(N)c(F)c(-c4cnc5c(c4C)NCCO5)cc3n2)c(C)n1. The Morgan fingerprint density at radius 2 is 2.00 bits per heavy atom. The van der Waals surface area contributed by atoms with Crippen molar-refractivity contribution >= 4 is 33.9 Å². The van der Waals surface area contributed by atoms with Crippen LogP contribution in [-0.2, 0) is 0 Å². The number of aryl methyl sites for hydroxylation is 1. The van der Waals surface area contributed by atoms with E-state index in [1.54, 1.807) is 25.4 Å². The number of nitrogens with zero attached hydrogens (tertiary/aromatic N) is 4. The van der Waals surface area contributed by atoms with Crippen molar-refractivity contribution in [3.05, 3.63) is 47.7 Å². The fourth-order valence-electron chi connectivity index (χ4n) is 3.83. The summed E-state index contributed by atoms with van der Waals surface area (Å²) in [6.45, 7) is 4.93. The lowest BCUT2D eigenvalue weighted by Gasteiger charge is -2.22. The Balaban J connectivity index is 1.58. The van der Waals surface area contributed by atoms with Crippen molar-refractivity contribution in [2.45, 2.75) is 13.8 Å². The van der Waals surface area contributed by atoms with Crippen LogP contribution in [0.25, 0.3) is 22.0 Å². The maximum Gasteiger partial charge on any atom is 0.237 e. The molecule has 168 valence electrons. The van der Waals surface area contributed by atoms with Crippen LogP contribution >= 0.6 is 0 Å². The summed E-state index contributed by atoms with van der Waals surface area (Å²) < 4.78 is 26.0. The zero-order valence-corrected chi connectivity index (χ0v) is 18.4. The summed E-state index contributed by atoms with van der Waals surface area (Å²) >= 11 is 0. The van der Waals surface area contributed by atoms with Crippen molar-refractivity contribution < 1.29 is 13.9 Å². The Labute approximate surface area is 189 Å². The summed E-state index contributed by atoms with van der Waals surface area (Å²) in [7, 11) is 1.56. The summed E-state index contributed by atoms with van der Waals surface area (Å²) in [5.74, 6) is 0.821. The minimum absolute atomic E-state index is 0.0160. The predicted octanol–water partition coefficient (Wildman–Crippen LogP) is 3.98. The molecule has 9 nitrogen and oxygen atoms in total. The molecule has 33 heavy (non-hydrogen) atoms. The number of halogens is 1. The molecule has 1 aliphatic rings. The van der Waals surface area contributed by atoms with Crippen molar-refractivity contribution in [2.75, 3.05) is 36.6 Å². The highest BCUT2D eigenvalue weighted by atomic mass is 19.1. The normalized spacial score (nSPS) is 12.6. The van der Waals surface area contributed by atoms with Crippen LogP contribution in [0.1, 0.15) is 11.3 Å². The van der Waals surface area contributed by atoms with E-state index in [-0.39, 0.29) is 5.69 Å². The van der Waals surface area contributed by atoms with Gasteiger partial charge in [-0.25, -0.2) is 24.3 Å². The number of fused-ring (bicyclic) bond motifs is 2. The molecular formula is C23H22FN7O2. The van der Waals surface area contributed by atoms with E-state index in [0.29, 0.717) is 52.9 Å². The summed E-state index contributed by atoms with van der Waals surface area (Å²) in [5.41, 5.74) is 10.6. The number of nitrogen functional groups attached to an aromatic ring is 1. The number of hydrogen-bond acceptors (Lipinski definition) is 9. The lowest BCUT2D eigenvalue weighted by atomic mass is 9.98. The monoisotopic (exact) mass is 447 g/mol. The van der Waals surface area contributed by atoms with Gasteiger partial charge in [0.15, 0.2) is 5.82 Å². The van der Waals surface area contributed by atoms with Gasteiger partial charge in [0, 0.05) is 41.5 Å². The van der Waals surface area contributed by atoms with E-state index in [9.17, 15) is 0 Å². The molecule has 0 radical (unpaired) electrons. The maximum absolute atomic E-state index is 15.3. The zero-order valence-electron chi connectivity index (χ0n) is 18.4. The van der Waals surface area contributed by atoms with Gasteiger partial charge in [0.1, 0.15) is 12.3 Å². The van der Waals surface area contributed by atoms with Crippen molar-refractivity contribution in [1.82, 2.24) is 19.9 Å². The van der Waals surface area contributed by atoms with Crippen molar-refractivity contribution in [1.29, 1.82) is 0 Å². The maximum atomic E-state index is 15.3. The summed E-state index contributed by atoms with van der Waals surface area (Å²) in [5, 5.41) is 6.85. The number of anilines is 4. The van der Waals surface area contributed by atoms with E-state index >= 15 is 4.39 Å². The number of methoxy groups -OCH3 is 1. The quantitative estimate of drug-likeness (QED) is 0.399. The first-order valence-corrected chi connectivity index (χ1v) is 10.4. The molecule has 0 saturated carbocycles. The molecule has 0 bridgehead atoms. The smallest absolute Gasteiger partial charge is 0.237 e. The van der Waals surface area contributed by atoms with Gasteiger partial charge in [-0.1, -0.05) is 0 Å². The average Bonchev–Trinajstić information content (AvgIpc) is 2.83. The third-order valence-electron chi connectivity index (χ3n) is 5.61. The molecule has 0 aliphatic carbocycles. The van der Waals surface area contributed by atoms with Crippen LogP contribution in [-0.4, -0.2) is 40.2 Å². The molecule has 0 atom stereocenters. The highest BCUT2D eigenvalue weighted by molar-refractivity contribution is 5.96. The van der Waals surface area contributed by atoms with Crippen LogP contribution in [0.5, 0.6) is 11.8 Å². The third kappa shape index (κ3) is 3.59. The Kier molecular flexibility index (Phi) is 5.04. The van der Waals surface area contributed by atoms with Gasteiger partial charge in [0.2, 0.25) is 17.7 Å². The number of nitrogens with one attached hydrogen (secondary N) is 2. The largest absolute Gasteiger partial charge is 0.481 e. The van der Waals surface area contributed by atoms with E-state index in [4.69, 9.17) is 15.2 Å². The highest BCUT2D eigenvalue weighted by Gasteiger charge is 2.21. The second-order valence-corrected chi connectivity index (χ2v) is 7.64. The van der Waals surface area contributed by atoms with Crippen LogP contribution in [0.15, 0.2) is 30.6 Å². The van der Waals surface area contributed by atoms with Crippen LogP contribution in [0.2, 0.25) is 0 Å². The predicted molar refractivity (Wildman–Crippen MR) is 125 cm³/mol. The molecule has 4 heterocycles. The standard InChI is InChI=1S/C23H22FN7O2/c1-11-14(9-27-22-21(11)26-6-7-33-22)13-8-17-15(20(25)19(13)24)10-28-23(31-17)30-16-4-5-18(32-3)29-12(16)2/h4-5,8-10,26H,6-7,25H2,1-3H3,(H,28,30,31). The number of aromatic nitrogens is 4. The molecule has 0 unspecified atom stereocenters. The second-order valence-electron chi connectivity index (χ2n) is 7.64. The van der Waals surface area contributed by atoms with Gasteiger partial charge >= 0.3 is 0 Å². The Morgan fingerprint density at radius 1 is 1.15 bits per heavy atom. The molecule has 0 amide bonds. The molecule has 1 aromatic carbocycles. The highest BCUT2D eigenvalue weighted by Crippen LogP contribution is 2.39. The third-order valence-corrected chi connectivity index (χ3v) is 5.61. The van der Waals surface area contributed by atoms with E-state index in [0.717, 1.165) is 22.6 Å². The number of nitrogens with two attached hydrogens (primary N) is 1. The van der Waals surface area contributed by atoms with Gasteiger partial charge in [-0.3, -0.25) is 0 Å². The van der Waals surface area contributed by atoms with Crippen LogP contribution in [0.3, 0.4) is 0 Å². The molecule has 0 spiro atoms. The summed E-state index contributed by atoms with van der Waals surface area (Å²) in [6.07, 6.45) is 3.10. The molecule has 4 aromatic rings. The van der Waals surface area contributed by atoms with Gasteiger partial charge in [-0.05, 0) is 31.5 Å². The fourth-order valence-corrected chi connectivity index (χ4v) is 3.83. The van der Waals surface area contributed by atoms with E-state index in [1.807, 2.05) is 19.9 Å². The van der Waals surface area contributed by atoms with Gasteiger partial charge in [0.25, 0.3) is 0 Å². The van der Waals surface area contributed by atoms with Crippen molar-refractivity contribution in [2.24, 2.45) is 0 Å². The zero-order chi connectivity index (χ0) is 23.1. The Hall–Kier alpha value is -4.21. The summed E-state index contributed by atoms with van der Waals surface area (Å²) in [4.78, 5) is 17.6. The van der Waals surface area contributed by atoms with Crippen LogP contribution in [0, 0.1) is 19.7 Å². The van der Waals surface area contributed by atoms with Crippen LogP contribution < -0.4 is 25.8 Å². The first kappa shape index (κ1) is 20.7. The van der Waals surface area contributed by atoms with Crippen molar-refractivity contribution in [3.8, 4) is 22.9 Å². The van der Waals surface area contributed by atoms with Gasteiger partial charge in [-0.2, -0.15) is 0 Å². The topological polar surface area (TPSA) is 120 Å². The molecule has 0 fully saturated rings. The molecule has 10 heteroatoms. The molecular weight excluding hydrogens is 425 g/mol. The number of benzene rings is 1. The van der Waals surface area contributed by atoms with Gasteiger partial charge in [0.05, 0.1) is 29.7 Å². The van der Waals surface area contributed by atoms with E-state index in [2.05, 4.69) is 30.6 Å². The number of hydrogen-bond donors (Lipinski definition) is 3. The number of rotatable bonds is 4. The minimum Gasteiger partial charge on any atom is -0.481 e. The van der Waals surface area contributed by atoms with Gasteiger partial charge < -0.3 is 25.8 Å². The molecule has 1 aliphatic heterocycles. The van der Waals surface area contributed by atoms with Crippen LogP contribution in [0.4, 0.5) is 27.4 Å². The van der Waals surface area contributed by atoms with Gasteiger partial charge in [-0.15, -0.1) is 0 Å². The van der Waals surface area contributed by atoms with Crippen molar-refractivity contribution in [3.63, 3.8) is 0 Å². The lowest BCUT2D eigenvalue weighted by molar-refractivity contribution is 0.310. The first-order valence-electron chi connectivity index (χ1n) is 10.4. The number of pyridine rings is 2. The average molecular weight is 447 g/mol. The molecule has 3 aromatic heterocycles. The minimum atomic E-state index is -0.538. The lowest BCUT2D eigenvalue weighted by Crippen LogP contribution is -2.20. The second kappa shape index (κ2) is 8.05. The van der Waals surface area contributed by atoms with E-state index < -0.39 is 5.82 Å². The first-order chi connectivity index (χ1) is 16.0. The van der Waals surface area contributed by atoms with E-state index in [1.165, 1.54) is 6.20 Å². The number of ether oxygens (including phenoxy) is 2. The fraction of sp³-hybridized carbons (Fsp3) is 0.217. The Bertz CT molecular complexity index is 1390. The molecule has 4 N–H and O–H groups in total. The summed E-state index contributed by atoms with van der Waals surface area (Å²) in [6, 6.07) is 5.23. The molecule has 5 rings (SSSR count). The molecule has 0 saturated heterocycles.